The minimum Gasteiger partial charge on any atom is -0.479 e. The summed E-state index contributed by atoms with van der Waals surface area (Å²) in [6.07, 6.45) is 52.8. The van der Waals surface area contributed by atoms with Crippen molar-refractivity contribution in [1.82, 2.24) is 0 Å². The van der Waals surface area contributed by atoms with Crippen LogP contribution in [0.2, 0.25) is 0 Å². The van der Waals surface area contributed by atoms with Crippen molar-refractivity contribution in [1.29, 1.82) is 0 Å². The SMILES string of the molecule is CCCCCC/C=C\CCCCCCCC(=O)OC1C(OCC(COC(=O)CCCCCCCCCCCCCCCCCCCCC)OC(=O)CCCCCCCCC/C=C\CCCCCCCC)OC(C(=O)O)C(O)C1O. The van der Waals surface area contributed by atoms with Gasteiger partial charge in [-0.3, -0.25) is 14.4 Å². The molecule has 0 radical (unpaired) electrons. The number of carboxylic acids is 1. The molecule has 0 aromatic rings. The van der Waals surface area contributed by atoms with Crippen molar-refractivity contribution in [2.45, 2.75) is 366 Å². The third-order valence-corrected chi connectivity index (χ3v) is 15.5. The maximum absolute atomic E-state index is 13.2. The molecule has 6 unspecified atom stereocenters. The summed E-state index contributed by atoms with van der Waals surface area (Å²) in [4.78, 5) is 51.3. The molecular formula is C67H122O12. The van der Waals surface area contributed by atoms with Crippen LogP contribution in [-0.4, -0.2) is 89.2 Å². The van der Waals surface area contributed by atoms with E-state index in [1.807, 2.05) is 0 Å². The van der Waals surface area contributed by atoms with Crippen LogP contribution in [0.15, 0.2) is 24.3 Å². The Hall–Kier alpha value is -2.80. The highest BCUT2D eigenvalue weighted by Crippen LogP contribution is 2.27. The number of aliphatic hydroxyl groups is 2. The molecule has 1 saturated heterocycles. The fraction of sp³-hybridized carbons (Fsp3) is 0.881. The number of hydrogen-bond donors (Lipinski definition) is 3. The molecule has 0 spiro atoms. The minimum atomic E-state index is -1.90. The average Bonchev–Trinajstić information content (AvgIpc) is 3.46. The third-order valence-electron chi connectivity index (χ3n) is 15.5. The molecule has 0 aliphatic carbocycles. The van der Waals surface area contributed by atoms with Gasteiger partial charge in [0.1, 0.15) is 18.8 Å². The number of aliphatic carboxylic acids is 1. The van der Waals surface area contributed by atoms with E-state index >= 15 is 0 Å². The Kier molecular flexibility index (Phi) is 52.3. The molecule has 0 aromatic heterocycles. The first kappa shape index (κ1) is 74.2. The molecule has 79 heavy (non-hydrogen) atoms. The lowest BCUT2D eigenvalue weighted by atomic mass is 9.98. The Morgan fingerprint density at radius 1 is 0.405 bits per heavy atom. The fourth-order valence-electron chi connectivity index (χ4n) is 10.4. The van der Waals surface area contributed by atoms with Crippen LogP contribution in [0.25, 0.3) is 0 Å². The summed E-state index contributed by atoms with van der Waals surface area (Å²) >= 11 is 0. The highest BCUT2D eigenvalue weighted by atomic mass is 16.7. The topological polar surface area (TPSA) is 175 Å². The van der Waals surface area contributed by atoms with E-state index in [2.05, 4.69) is 45.1 Å². The number of carbonyl (C=O) groups excluding carboxylic acids is 3. The van der Waals surface area contributed by atoms with Gasteiger partial charge in [0.15, 0.2) is 24.6 Å². The van der Waals surface area contributed by atoms with E-state index in [4.69, 9.17) is 23.7 Å². The lowest BCUT2D eigenvalue weighted by Gasteiger charge is -2.40. The van der Waals surface area contributed by atoms with Crippen LogP contribution in [-0.2, 0) is 42.9 Å². The molecule has 0 amide bonds. The van der Waals surface area contributed by atoms with E-state index in [-0.39, 0.29) is 25.9 Å². The molecule has 0 saturated carbocycles. The quantitative estimate of drug-likeness (QED) is 0.0228. The van der Waals surface area contributed by atoms with Gasteiger partial charge in [0.25, 0.3) is 0 Å². The van der Waals surface area contributed by atoms with Crippen LogP contribution in [0.5, 0.6) is 0 Å². The highest BCUT2D eigenvalue weighted by molar-refractivity contribution is 5.74. The number of aliphatic hydroxyl groups excluding tert-OH is 2. The highest BCUT2D eigenvalue weighted by Gasteiger charge is 2.50. The number of carboxylic acid groups (broad SMARTS) is 1. The van der Waals surface area contributed by atoms with Gasteiger partial charge in [0.2, 0.25) is 0 Å². The lowest BCUT2D eigenvalue weighted by molar-refractivity contribution is -0.301. The van der Waals surface area contributed by atoms with Crippen molar-refractivity contribution in [3.63, 3.8) is 0 Å². The zero-order valence-electron chi connectivity index (χ0n) is 51.1. The normalized spacial score (nSPS) is 17.9. The average molecular weight is 1120 g/mol. The molecule has 6 atom stereocenters. The Morgan fingerprint density at radius 2 is 0.722 bits per heavy atom. The number of carbonyl (C=O) groups is 4. The monoisotopic (exact) mass is 1120 g/mol. The van der Waals surface area contributed by atoms with Gasteiger partial charge in [0, 0.05) is 19.3 Å². The van der Waals surface area contributed by atoms with Gasteiger partial charge >= 0.3 is 23.9 Å². The molecule has 12 heteroatoms. The summed E-state index contributed by atoms with van der Waals surface area (Å²) in [5.74, 6) is -3.10. The smallest absolute Gasteiger partial charge is 0.335 e. The Labute approximate surface area is 483 Å². The Balaban J connectivity index is 2.63. The summed E-state index contributed by atoms with van der Waals surface area (Å²) in [7, 11) is 0. The van der Waals surface area contributed by atoms with Crippen molar-refractivity contribution in [3.05, 3.63) is 24.3 Å². The number of esters is 3. The van der Waals surface area contributed by atoms with Crippen LogP contribution < -0.4 is 0 Å². The van der Waals surface area contributed by atoms with Crippen LogP contribution in [0.4, 0.5) is 0 Å². The number of hydrogen-bond acceptors (Lipinski definition) is 11. The fourth-order valence-corrected chi connectivity index (χ4v) is 10.4. The molecule has 1 rings (SSSR count). The summed E-state index contributed by atoms with van der Waals surface area (Å²) < 4.78 is 28.5. The van der Waals surface area contributed by atoms with E-state index in [9.17, 15) is 34.5 Å². The zero-order chi connectivity index (χ0) is 57.5. The maximum Gasteiger partial charge on any atom is 0.335 e. The Morgan fingerprint density at radius 3 is 1.09 bits per heavy atom. The van der Waals surface area contributed by atoms with Crippen molar-refractivity contribution in [3.8, 4) is 0 Å². The van der Waals surface area contributed by atoms with E-state index in [0.29, 0.717) is 19.3 Å². The van der Waals surface area contributed by atoms with Crippen molar-refractivity contribution in [2.75, 3.05) is 13.2 Å². The summed E-state index contributed by atoms with van der Waals surface area (Å²) in [6, 6.07) is 0. The molecule has 1 aliphatic heterocycles. The molecule has 12 nitrogen and oxygen atoms in total. The molecule has 1 fully saturated rings. The molecule has 0 bridgehead atoms. The van der Waals surface area contributed by atoms with Gasteiger partial charge in [-0.05, 0) is 70.6 Å². The van der Waals surface area contributed by atoms with Crippen LogP contribution in [0.3, 0.4) is 0 Å². The summed E-state index contributed by atoms with van der Waals surface area (Å²) in [5, 5.41) is 31.6. The molecule has 1 heterocycles. The zero-order valence-corrected chi connectivity index (χ0v) is 51.1. The predicted octanol–water partition coefficient (Wildman–Crippen LogP) is 17.8. The van der Waals surface area contributed by atoms with Crippen molar-refractivity contribution >= 4 is 23.9 Å². The lowest BCUT2D eigenvalue weighted by Crippen LogP contribution is -2.61. The second kappa shape index (κ2) is 55.7. The van der Waals surface area contributed by atoms with Crippen molar-refractivity contribution in [2.24, 2.45) is 0 Å². The first-order chi connectivity index (χ1) is 38.6. The number of unbranched alkanes of at least 4 members (excludes halogenated alkanes) is 40. The van der Waals surface area contributed by atoms with E-state index in [1.165, 1.54) is 180 Å². The predicted molar refractivity (Wildman–Crippen MR) is 322 cm³/mol. The molecular weight excluding hydrogens is 997 g/mol. The van der Waals surface area contributed by atoms with E-state index < -0.39 is 67.3 Å². The van der Waals surface area contributed by atoms with Crippen LogP contribution in [0, 0.1) is 0 Å². The summed E-state index contributed by atoms with van der Waals surface area (Å²) in [6.45, 7) is 6.02. The largest absolute Gasteiger partial charge is 0.479 e. The third kappa shape index (κ3) is 45.4. The van der Waals surface area contributed by atoms with Gasteiger partial charge in [-0.1, -0.05) is 263 Å². The van der Waals surface area contributed by atoms with Gasteiger partial charge in [-0.25, -0.2) is 4.79 Å². The molecule has 1 aliphatic rings. The second-order valence-electron chi connectivity index (χ2n) is 23.1. The van der Waals surface area contributed by atoms with Crippen molar-refractivity contribution < 1.29 is 58.2 Å². The maximum atomic E-state index is 13.2. The van der Waals surface area contributed by atoms with Gasteiger partial charge in [0.05, 0.1) is 6.61 Å². The van der Waals surface area contributed by atoms with Gasteiger partial charge < -0.3 is 39.0 Å². The second-order valence-corrected chi connectivity index (χ2v) is 23.1. The standard InChI is InChI=1S/C67H122O12/c1-4-7-10-13-16-19-22-25-27-29-30-32-33-36-38-41-44-47-50-53-59(68)75-56-58(77-60(69)54-51-48-45-42-40-37-34-31-28-26-23-20-17-14-11-8-5-2)57-76-67-65(63(72)62(71)64(79-67)66(73)74)78-61(70)55-52-49-46-43-39-35-24-21-18-15-12-9-6-3/h21,24,26,28,58,62-65,67,71-72H,4-20,22-23,25,27,29-57H2,1-3H3,(H,73,74)/b24-21-,28-26-. The first-order valence-electron chi connectivity index (χ1n) is 33.3. The molecule has 0 aromatic carbocycles. The number of allylic oxidation sites excluding steroid dienone is 4. The minimum absolute atomic E-state index is 0.0543. The van der Waals surface area contributed by atoms with Gasteiger partial charge in [-0.15, -0.1) is 0 Å². The van der Waals surface area contributed by atoms with E-state index in [0.717, 1.165) is 89.9 Å². The first-order valence-corrected chi connectivity index (χ1v) is 33.3. The van der Waals surface area contributed by atoms with Gasteiger partial charge in [-0.2, -0.15) is 0 Å². The number of rotatable bonds is 58. The number of ether oxygens (including phenoxy) is 5. The molecule has 462 valence electrons. The van der Waals surface area contributed by atoms with E-state index in [1.54, 1.807) is 0 Å². The van der Waals surface area contributed by atoms with Crippen LogP contribution >= 0.6 is 0 Å². The summed E-state index contributed by atoms with van der Waals surface area (Å²) in [5.41, 5.74) is 0. The molecule has 3 N–H and O–H groups in total. The Bertz CT molecular complexity index is 1470. The van der Waals surface area contributed by atoms with Crippen LogP contribution in [0.1, 0.15) is 329 Å².